The van der Waals surface area contributed by atoms with Gasteiger partial charge in [-0.2, -0.15) is 0 Å². The van der Waals surface area contributed by atoms with Gasteiger partial charge in [-0.1, -0.05) is 6.07 Å². The molecule has 0 unspecified atom stereocenters. The number of hydrogen-bond donors (Lipinski definition) is 1. The van der Waals surface area contributed by atoms with Crippen LogP contribution in [0.2, 0.25) is 0 Å². The number of nitrogens with one attached hydrogen (secondary N) is 1. The van der Waals surface area contributed by atoms with Gasteiger partial charge in [0.15, 0.2) is 0 Å². The van der Waals surface area contributed by atoms with Gasteiger partial charge in [-0.3, -0.25) is 4.79 Å². The molecule has 0 aromatic heterocycles. The van der Waals surface area contributed by atoms with E-state index in [0.717, 1.165) is 18.8 Å². The lowest BCUT2D eigenvalue weighted by Gasteiger charge is -2.33. The Bertz CT molecular complexity index is 760. The molecule has 5 rings (SSSR count). The summed E-state index contributed by atoms with van der Waals surface area (Å²) in [4.78, 5) is 17.2. The third kappa shape index (κ3) is 4.00. The molecular weight excluding hydrogens is 353 g/mol. The fourth-order valence-corrected chi connectivity index (χ4v) is 3.80. The quantitative estimate of drug-likeness (QED) is 0.886. The first-order chi connectivity index (χ1) is 12.2. The second-order valence-electron chi connectivity index (χ2n) is 6.78. The van der Waals surface area contributed by atoms with Crippen LogP contribution in [-0.2, 0) is 0 Å². The largest absolute Gasteiger partial charge is 0.367 e. The molecule has 2 bridgehead atoms. The summed E-state index contributed by atoms with van der Waals surface area (Å²) in [7, 11) is 0. The van der Waals surface area contributed by atoms with E-state index in [-0.39, 0.29) is 18.3 Å². The van der Waals surface area contributed by atoms with E-state index in [1.165, 1.54) is 49.8 Å². The molecule has 0 atom stereocenters. The summed E-state index contributed by atoms with van der Waals surface area (Å²) in [5, 5.41) is 2.83. The van der Waals surface area contributed by atoms with E-state index < -0.39 is 5.82 Å². The average Bonchev–Trinajstić information content (AvgIpc) is 2.96. The van der Waals surface area contributed by atoms with Crippen molar-refractivity contribution in [3.63, 3.8) is 0 Å². The zero-order valence-corrected chi connectivity index (χ0v) is 15.3. The Balaban J connectivity index is 0.00000196. The maximum absolute atomic E-state index is 13.2. The number of amides is 1. The summed E-state index contributed by atoms with van der Waals surface area (Å²) in [5.41, 5.74) is 2.25. The summed E-state index contributed by atoms with van der Waals surface area (Å²) in [6, 6.07) is 14.3. The molecule has 1 N–H and O–H groups in total. The molecule has 3 saturated heterocycles. The number of carbonyl (C=O) groups is 1. The van der Waals surface area contributed by atoms with Crippen LogP contribution in [0.15, 0.2) is 48.5 Å². The van der Waals surface area contributed by atoms with Gasteiger partial charge in [-0.15, -0.1) is 12.4 Å². The van der Waals surface area contributed by atoms with Crippen molar-refractivity contribution in [2.45, 2.75) is 18.9 Å². The van der Waals surface area contributed by atoms with Crippen molar-refractivity contribution in [3.05, 3.63) is 59.9 Å². The number of carbonyl (C=O) groups excluding carboxylic acids is 1. The van der Waals surface area contributed by atoms with Gasteiger partial charge < -0.3 is 15.1 Å². The number of benzene rings is 2. The van der Waals surface area contributed by atoms with Crippen molar-refractivity contribution in [2.24, 2.45) is 0 Å². The predicted octanol–water partition coefficient (Wildman–Crippen LogP) is 3.78. The summed E-state index contributed by atoms with van der Waals surface area (Å²) < 4.78 is 13.2. The van der Waals surface area contributed by atoms with Gasteiger partial charge in [-0.25, -0.2) is 4.39 Å². The first kappa shape index (κ1) is 18.7. The van der Waals surface area contributed by atoms with Crippen molar-refractivity contribution in [1.82, 2.24) is 4.90 Å². The molecule has 138 valence electrons. The molecule has 4 nitrogen and oxygen atoms in total. The van der Waals surface area contributed by atoms with E-state index in [0.29, 0.717) is 11.6 Å². The van der Waals surface area contributed by atoms with Gasteiger partial charge in [0.05, 0.1) is 0 Å². The van der Waals surface area contributed by atoms with Gasteiger partial charge >= 0.3 is 0 Å². The van der Waals surface area contributed by atoms with Gasteiger partial charge in [0.25, 0.3) is 5.91 Å². The van der Waals surface area contributed by atoms with Crippen molar-refractivity contribution in [3.8, 4) is 0 Å². The Morgan fingerprint density at radius 1 is 1.00 bits per heavy atom. The van der Waals surface area contributed by atoms with E-state index in [4.69, 9.17) is 0 Å². The summed E-state index contributed by atoms with van der Waals surface area (Å²) in [6.07, 6.45) is 2.44. The van der Waals surface area contributed by atoms with E-state index in [9.17, 15) is 9.18 Å². The molecule has 2 aromatic rings. The lowest BCUT2D eigenvalue weighted by atomic mass is 10.0. The van der Waals surface area contributed by atoms with Gasteiger partial charge in [0.2, 0.25) is 0 Å². The topological polar surface area (TPSA) is 35.6 Å². The Hall–Kier alpha value is -2.11. The molecule has 0 saturated carbocycles. The molecule has 6 heteroatoms. The summed E-state index contributed by atoms with van der Waals surface area (Å²) in [6.45, 7) is 4.57. The van der Waals surface area contributed by atoms with Crippen molar-refractivity contribution < 1.29 is 9.18 Å². The number of anilines is 2. The Morgan fingerprint density at radius 3 is 2.42 bits per heavy atom. The average molecular weight is 376 g/mol. The molecule has 26 heavy (non-hydrogen) atoms. The van der Waals surface area contributed by atoms with Crippen LogP contribution in [0.25, 0.3) is 0 Å². The number of hydrogen-bond acceptors (Lipinski definition) is 3. The normalized spacial score (nSPS) is 21.7. The fraction of sp³-hybridized carbons (Fsp3) is 0.350. The molecule has 0 spiro atoms. The molecule has 3 aliphatic heterocycles. The maximum atomic E-state index is 13.2. The maximum Gasteiger partial charge on any atom is 0.255 e. The molecule has 1 amide bonds. The van der Waals surface area contributed by atoms with Crippen LogP contribution in [0.1, 0.15) is 23.2 Å². The Morgan fingerprint density at radius 2 is 1.73 bits per heavy atom. The summed E-state index contributed by atoms with van der Waals surface area (Å²) >= 11 is 0. The second kappa shape index (κ2) is 8.06. The minimum Gasteiger partial charge on any atom is -0.367 e. The molecule has 2 aromatic carbocycles. The number of rotatable bonds is 3. The minimum atomic E-state index is -0.408. The highest BCUT2D eigenvalue weighted by Crippen LogP contribution is 2.27. The standard InChI is InChI=1S/C20H22FN3O.ClH/c21-16-3-1-2-15(14-16)20(25)22-17-4-6-18(7-5-17)24-13-12-23-10-8-19(24)9-11-23;/h1-7,14,19H,8-13H2,(H,22,25);1H. The second-order valence-corrected chi connectivity index (χ2v) is 6.78. The van der Waals surface area contributed by atoms with Crippen LogP contribution in [0, 0.1) is 5.82 Å². The van der Waals surface area contributed by atoms with Gasteiger partial charge in [-0.05, 0) is 55.3 Å². The highest BCUT2D eigenvalue weighted by Gasteiger charge is 2.28. The highest BCUT2D eigenvalue weighted by atomic mass is 35.5. The Kier molecular flexibility index (Phi) is 5.79. The van der Waals surface area contributed by atoms with Crippen molar-refractivity contribution >= 4 is 29.7 Å². The monoisotopic (exact) mass is 375 g/mol. The first-order valence-electron chi connectivity index (χ1n) is 8.85. The number of fused-ring (bicyclic) bond motifs is 4. The SMILES string of the molecule is Cl.O=C(Nc1ccc(N2CCN3CCC2CC3)cc1)c1cccc(F)c1. The molecule has 3 fully saturated rings. The predicted molar refractivity (Wildman–Crippen MR) is 105 cm³/mol. The lowest BCUT2D eigenvalue weighted by molar-refractivity contribution is 0.102. The third-order valence-electron chi connectivity index (χ3n) is 5.20. The molecule has 0 aliphatic carbocycles. The molecule has 3 aliphatic rings. The van der Waals surface area contributed by atoms with Crippen LogP contribution >= 0.6 is 12.4 Å². The summed E-state index contributed by atoms with van der Waals surface area (Å²) in [5.74, 6) is -0.705. The van der Waals surface area contributed by atoms with E-state index in [2.05, 4.69) is 27.2 Å². The van der Waals surface area contributed by atoms with Gasteiger partial charge in [0.1, 0.15) is 5.82 Å². The van der Waals surface area contributed by atoms with E-state index in [1.54, 1.807) is 6.07 Å². The van der Waals surface area contributed by atoms with Gasteiger partial charge in [0, 0.05) is 49.2 Å². The zero-order chi connectivity index (χ0) is 17.2. The fourth-order valence-electron chi connectivity index (χ4n) is 3.80. The number of piperidine rings is 1. The molecule has 0 radical (unpaired) electrons. The minimum absolute atomic E-state index is 0. The third-order valence-corrected chi connectivity index (χ3v) is 5.20. The van der Waals surface area contributed by atoms with E-state index in [1.807, 2.05) is 12.1 Å². The van der Waals surface area contributed by atoms with Crippen LogP contribution < -0.4 is 10.2 Å². The molecule has 3 heterocycles. The van der Waals surface area contributed by atoms with E-state index >= 15 is 0 Å². The van der Waals surface area contributed by atoms with Crippen LogP contribution in [0.4, 0.5) is 15.8 Å². The zero-order valence-electron chi connectivity index (χ0n) is 14.5. The van der Waals surface area contributed by atoms with Crippen LogP contribution in [-0.4, -0.2) is 43.0 Å². The number of nitrogens with zero attached hydrogens (tertiary/aromatic N) is 2. The lowest BCUT2D eigenvalue weighted by Crippen LogP contribution is -2.37. The van der Waals surface area contributed by atoms with Crippen molar-refractivity contribution in [2.75, 3.05) is 36.4 Å². The number of halogens is 2. The van der Waals surface area contributed by atoms with Crippen molar-refractivity contribution in [1.29, 1.82) is 0 Å². The smallest absolute Gasteiger partial charge is 0.255 e. The molecular formula is C20H23ClFN3O. The van der Waals surface area contributed by atoms with Crippen LogP contribution in [0.3, 0.4) is 0 Å². The first-order valence-corrected chi connectivity index (χ1v) is 8.85. The Labute approximate surface area is 159 Å². The van der Waals surface area contributed by atoms with Crippen LogP contribution in [0.5, 0.6) is 0 Å². The highest BCUT2D eigenvalue weighted by molar-refractivity contribution is 6.04.